The molecule has 0 aliphatic heterocycles. The monoisotopic (exact) mass is 483 g/mol. The standard InChI is InChI=1S/C28H22FN3O4/c1-34-26-13-20-23(14-27(26)35-2)31-11-10-24(20)36-25-9-8-19(12-22(25)29)21-15-30-17-32(28(21)33)16-18-6-4-3-5-7-18/h3-15,17H,16H2,1-2H3. The Kier molecular flexibility index (Phi) is 6.32. The summed E-state index contributed by atoms with van der Waals surface area (Å²) in [5, 5.41) is 0.634. The average molecular weight is 483 g/mol. The van der Waals surface area contributed by atoms with E-state index in [1.807, 2.05) is 30.3 Å². The highest BCUT2D eigenvalue weighted by molar-refractivity contribution is 5.88. The maximum atomic E-state index is 15.2. The fourth-order valence-corrected chi connectivity index (χ4v) is 3.95. The zero-order valence-electron chi connectivity index (χ0n) is 19.6. The Morgan fingerprint density at radius 2 is 1.67 bits per heavy atom. The molecule has 0 aliphatic carbocycles. The molecule has 180 valence electrons. The maximum Gasteiger partial charge on any atom is 0.261 e. The molecule has 0 atom stereocenters. The molecule has 0 fully saturated rings. The van der Waals surface area contributed by atoms with Crippen molar-refractivity contribution in [3.8, 4) is 34.1 Å². The fourth-order valence-electron chi connectivity index (χ4n) is 3.95. The summed E-state index contributed by atoms with van der Waals surface area (Å²) in [5.74, 6) is 0.825. The second kappa shape index (κ2) is 9.87. The van der Waals surface area contributed by atoms with Crippen LogP contribution in [0.2, 0.25) is 0 Å². The van der Waals surface area contributed by atoms with E-state index in [4.69, 9.17) is 14.2 Å². The number of aromatic nitrogens is 3. The molecular formula is C28H22FN3O4. The van der Waals surface area contributed by atoms with Crippen molar-refractivity contribution in [2.45, 2.75) is 6.54 Å². The Bertz CT molecular complexity index is 1600. The van der Waals surface area contributed by atoms with Gasteiger partial charge in [-0.15, -0.1) is 0 Å². The minimum Gasteiger partial charge on any atom is -0.493 e. The van der Waals surface area contributed by atoms with Gasteiger partial charge in [0, 0.05) is 23.8 Å². The third-order valence-corrected chi connectivity index (χ3v) is 5.77. The summed E-state index contributed by atoms with van der Waals surface area (Å²) < 4.78 is 33.3. The molecule has 0 N–H and O–H groups in total. The molecule has 0 saturated carbocycles. The predicted octanol–water partition coefficient (Wildman–Crippen LogP) is 5.46. The lowest BCUT2D eigenvalue weighted by Crippen LogP contribution is -2.22. The average Bonchev–Trinajstić information content (AvgIpc) is 2.91. The number of hydrogen-bond donors (Lipinski definition) is 0. The van der Waals surface area contributed by atoms with Crippen molar-refractivity contribution < 1.29 is 18.6 Å². The van der Waals surface area contributed by atoms with E-state index in [1.165, 1.54) is 36.3 Å². The Morgan fingerprint density at radius 1 is 0.889 bits per heavy atom. The molecule has 0 unspecified atom stereocenters. The second-order valence-corrected chi connectivity index (χ2v) is 8.01. The molecular weight excluding hydrogens is 461 g/mol. The number of fused-ring (bicyclic) bond motifs is 1. The Balaban J connectivity index is 1.46. The highest BCUT2D eigenvalue weighted by atomic mass is 19.1. The first-order valence-corrected chi connectivity index (χ1v) is 11.1. The summed E-state index contributed by atoms with van der Waals surface area (Å²) in [7, 11) is 3.07. The van der Waals surface area contributed by atoms with Crippen LogP contribution < -0.4 is 19.8 Å². The van der Waals surface area contributed by atoms with Gasteiger partial charge in [0.05, 0.1) is 38.2 Å². The number of methoxy groups -OCH3 is 2. The Labute approximate surface area is 206 Å². The van der Waals surface area contributed by atoms with Crippen LogP contribution in [-0.2, 0) is 6.54 Å². The van der Waals surface area contributed by atoms with Gasteiger partial charge in [0.25, 0.3) is 5.56 Å². The maximum absolute atomic E-state index is 15.2. The van der Waals surface area contributed by atoms with Gasteiger partial charge in [0.1, 0.15) is 5.75 Å². The van der Waals surface area contributed by atoms with Crippen molar-refractivity contribution in [3.63, 3.8) is 0 Å². The first-order valence-electron chi connectivity index (χ1n) is 11.1. The van der Waals surface area contributed by atoms with Crippen molar-refractivity contribution in [1.82, 2.24) is 14.5 Å². The minimum atomic E-state index is -0.615. The SMILES string of the molecule is COc1cc2nccc(Oc3ccc(-c4cncn(Cc5ccccc5)c4=O)cc3F)c2cc1OC. The van der Waals surface area contributed by atoms with E-state index in [-0.39, 0.29) is 11.3 Å². The van der Waals surface area contributed by atoms with Crippen LogP contribution >= 0.6 is 0 Å². The lowest BCUT2D eigenvalue weighted by atomic mass is 10.1. The van der Waals surface area contributed by atoms with Crippen LogP contribution in [0.25, 0.3) is 22.0 Å². The number of ether oxygens (including phenoxy) is 3. The molecule has 0 spiro atoms. The van der Waals surface area contributed by atoms with Crippen LogP contribution in [0.15, 0.2) is 90.2 Å². The van der Waals surface area contributed by atoms with Gasteiger partial charge in [0.2, 0.25) is 0 Å². The predicted molar refractivity (Wildman–Crippen MR) is 134 cm³/mol. The molecule has 5 aromatic rings. The van der Waals surface area contributed by atoms with Crippen LogP contribution in [0.4, 0.5) is 4.39 Å². The third-order valence-electron chi connectivity index (χ3n) is 5.77. The first-order chi connectivity index (χ1) is 17.6. The van der Waals surface area contributed by atoms with Crippen molar-refractivity contribution >= 4 is 10.9 Å². The number of nitrogens with zero attached hydrogens (tertiary/aromatic N) is 3. The van der Waals surface area contributed by atoms with E-state index in [1.54, 1.807) is 37.6 Å². The summed E-state index contributed by atoms with van der Waals surface area (Å²) >= 11 is 0. The second-order valence-electron chi connectivity index (χ2n) is 8.01. The molecule has 2 aromatic heterocycles. The third kappa shape index (κ3) is 4.48. The van der Waals surface area contributed by atoms with Gasteiger partial charge in [-0.1, -0.05) is 36.4 Å². The first kappa shape index (κ1) is 23.0. The molecule has 0 amide bonds. The molecule has 0 aliphatic rings. The highest BCUT2D eigenvalue weighted by Gasteiger charge is 2.15. The van der Waals surface area contributed by atoms with Crippen LogP contribution in [0.3, 0.4) is 0 Å². The van der Waals surface area contributed by atoms with Crippen molar-refractivity contribution in [2.75, 3.05) is 14.2 Å². The Morgan fingerprint density at radius 3 is 2.42 bits per heavy atom. The fraction of sp³-hybridized carbons (Fsp3) is 0.107. The molecule has 3 aromatic carbocycles. The lowest BCUT2D eigenvalue weighted by Gasteiger charge is -2.13. The van der Waals surface area contributed by atoms with Crippen LogP contribution in [0.5, 0.6) is 23.0 Å². The van der Waals surface area contributed by atoms with E-state index in [0.29, 0.717) is 45.8 Å². The summed E-state index contributed by atoms with van der Waals surface area (Å²) in [6.07, 6.45) is 4.49. The van der Waals surface area contributed by atoms with Gasteiger partial charge in [-0.3, -0.25) is 14.3 Å². The number of benzene rings is 3. The normalized spacial score (nSPS) is 10.9. The van der Waals surface area contributed by atoms with Gasteiger partial charge < -0.3 is 14.2 Å². The number of halogens is 1. The summed E-state index contributed by atoms with van der Waals surface area (Å²) in [5.41, 5.74) is 2.02. The lowest BCUT2D eigenvalue weighted by molar-refractivity contribution is 0.355. The zero-order chi connectivity index (χ0) is 25.1. The van der Waals surface area contributed by atoms with E-state index in [9.17, 15) is 4.79 Å². The van der Waals surface area contributed by atoms with Crippen LogP contribution in [0, 0.1) is 5.82 Å². The van der Waals surface area contributed by atoms with Crippen molar-refractivity contribution in [1.29, 1.82) is 0 Å². The van der Waals surface area contributed by atoms with Gasteiger partial charge in [-0.05, 0) is 35.4 Å². The smallest absolute Gasteiger partial charge is 0.261 e. The van der Waals surface area contributed by atoms with Gasteiger partial charge in [-0.2, -0.15) is 0 Å². The summed E-state index contributed by atoms with van der Waals surface area (Å²) in [6.45, 7) is 0.369. The van der Waals surface area contributed by atoms with Gasteiger partial charge >= 0.3 is 0 Å². The molecule has 36 heavy (non-hydrogen) atoms. The molecule has 0 saturated heterocycles. The van der Waals surface area contributed by atoms with Crippen molar-refractivity contribution in [3.05, 3.63) is 107 Å². The van der Waals surface area contributed by atoms with E-state index in [0.717, 1.165) is 5.56 Å². The Hall–Kier alpha value is -4.72. The molecule has 8 heteroatoms. The van der Waals surface area contributed by atoms with Crippen LogP contribution in [0.1, 0.15) is 5.56 Å². The zero-order valence-corrected chi connectivity index (χ0v) is 19.6. The molecule has 7 nitrogen and oxygen atoms in total. The minimum absolute atomic E-state index is 0.00883. The number of pyridine rings is 1. The topological polar surface area (TPSA) is 75.5 Å². The van der Waals surface area contributed by atoms with Crippen molar-refractivity contribution in [2.24, 2.45) is 0 Å². The molecule has 0 bridgehead atoms. The number of rotatable bonds is 7. The van der Waals surface area contributed by atoms with Gasteiger partial charge in [-0.25, -0.2) is 9.37 Å². The molecule has 0 radical (unpaired) electrons. The largest absolute Gasteiger partial charge is 0.493 e. The van der Waals surface area contributed by atoms with Crippen LogP contribution in [-0.4, -0.2) is 28.8 Å². The van der Waals surface area contributed by atoms with E-state index in [2.05, 4.69) is 9.97 Å². The van der Waals surface area contributed by atoms with E-state index >= 15 is 4.39 Å². The molecule has 2 heterocycles. The molecule has 5 rings (SSSR count). The number of hydrogen-bond acceptors (Lipinski definition) is 6. The summed E-state index contributed by atoms with van der Waals surface area (Å²) in [6, 6.07) is 19.1. The highest BCUT2D eigenvalue weighted by Crippen LogP contribution is 2.37. The quantitative estimate of drug-likeness (QED) is 0.306. The van der Waals surface area contributed by atoms with E-state index < -0.39 is 5.82 Å². The summed E-state index contributed by atoms with van der Waals surface area (Å²) in [4.78, 5) is 21.6. The van der Waals surface area contributed by atoms with Gasteiger partial charge in [0.15, 0.2) is 23.1 Å².